The Labute approximate surface area is 97.3 Å². The van der Waals surface area contributed by atoms with E-state index >= 15 is 0 Å². The maximum atomic E-state index is 5.92. The molecule has 0 aliphatic carbocycles. The van der Waals surface area contributed by atoms with Gasteiger partial charge in [0.2, 0.25) is 0 Å². The maximum Gasteiger partial charge on any atom is 0.121 e. The second kappa shape index (κ2) is 5.01. The Morgan fingerprint density at radius 3 is 2.62 bits per heavy atom. The first-order chi connectivity index (χ1) is 7.43. The smallest absolute Gasteiger partial charge is 0.121 e. The average molecular weight is 220 g/mol. The Morgan fingerprint density at radius 2 is 2.06 bits per heavy atom. The average Bonchev–Trinajstić information content (AvgIpc) is 2.17. The zero-order valence-electron chi connectivity index (χ0n) is 10.4. The van der Waals surface area contributed by atoms with Crippen molar-refractivity contribution in [2.75, 3.05) is 6.61 Å². The number of benzene rings is 1. The first-order valence-electron chi connectivity index (χ1n) is 5.51. The molecule has 1 aromatic carbocycles. The molecular weight excluding hydrogens is 200 g/mol. The highest BCUT2D eigenvalue weighted by Gasteiger charge is 2.15. The molecule has 0 bridgehead atoms. The Kier molecular flexibility index (Phi) is 3.93. The molecule has 0 heterocycles. The van der Waals surface area contributed by atoms with Gasteiger partial charge in [-0.15, -0.1) is 0 Å². The summed E-state index contributed by atoms with van der Waals surface area (Å²) >= 11 is 0. The summed E-state index contributed by atoms with van der Waals surface area (Å²) in [6, 6.07) is 7.64. The Hall–Kier alpha value is -1.51. The molecular formula is C13H20N2O. The molecule has 0 saturated heterocycles. The number of nitrogens with two attached hydrogens (primary N) is 1. The topological polar surface area (TPSA) is 47.6 Å². The van der Waals surface area contributed by atoms with Gasteiger partial charge in [0.1, 0.15) is 11.6 Å². The quantitative estimate of drug-likeness (QED) is 0.628. The summed E-state index contributed by atoms with van der Waals surface area (Å²) in [6.45, 7) is 8.73. The van der Waals surface area contributed by atoms with Crippen LogP contribution in [-0.2, 0) is 0 Å². The lowest BCUT2D eigenvalue weighted by molar-refractivity contribution is 0.340. The van der Waals surface area contributed by atoms with E-state index < -0.39 is 0 Å². The first kappa shape index (κ1) is 12.6. The predicted octanol–water partition coefficient (Wildman–Crippen LogP) is 3.12. The lowest BCUT2D eigenvalue weighted by atomic mass is 9.95. The van der Waals surface area contributed by atoms with E-state index in [9.17, 15) is 0 Å². The zero-order valence-corrected chi connectivity index (χ0v) is 10.4. The molecule has 88 valence electrons. The van der Waals surface area contributed by atoms with E-state index in [2.05, 4.69) is 4.99 Å². The molecule has 3 heteroatoms. The molecule has 16 heavy (non-hydrogen) atoms. The van der Waals surface area contributed by atoms with Crippen LogP contribution in [0.2, 0.25) is 0 Å². The highest BCUT2D eigenvalue weighted by molar-refractivity contribution is 5.87. The van der Waals surface area contributed by atoms with E-state index in [0.717, 1.165) is 11.4 Å². The first-order valence-corrected chi connectivity index (χ1v) is 5.51. The second-order valence-electron chi connectivity index (χ2n) is 4.68. The molecule has 1 aromatic rings. The van der Waals surface area contributed by atoms with Crippen molar-refractivity contribution in [2.24, 2.45) is 16.1 Å². The predicted molar refractivity (Wildman–Crippen MR) is 68.3 cm³/mol. The van der Waals surface area contributed by atoms with Gasteiger partial charge in [-0.3, -0.25) is 0 Å². The number of ether oxygens (including phenoxy) is 1. The molecule has 0 amide bonds. The molecule has 0 aliphatic rings. The number of nitrogens with zero attached hydrogens (tertiary/aromatic N) is 1. The standard InChI is InChI=1S/C13H20N2O/c1-5-16-11-8-6-7-10(9-11)15-12(14)13(2,3)4/h6-9H,5H2,1-4H3,(H2,14,15). The van der Waals surface area contributed by atoms with Crippen molar-refractivity contribution in [2.45, 2.75) is 27.7 Å². The fourth-order valence-electron chi connectivity index (χ4n) is 1.12. The number of amidine groups is 1. The lowest BCUT2D eigenvalue weighted by Gasteiger charge is -2.17. The van der Waals surface area contributed by atoms with Gasteiger partial charge in [0.15, 0.2) is 0 Å². The van der Waals surface area contributed by atoms with Crippen molar-refractivity contribution >= 4 is 11.5 Å². The van der Waals surface area contributed by atoms with Crippen LogP contribution < -0.4 is 10.5 Å². The summed E-state index contributed by atoms with van der Waals surface area (Å²) in [5.41, 5.74) is 6.64. The van der Waals surface area contributed by atoms with Gasteiger partial charge in [0.25, 0.3) is 0 Å². The van der Waals surface area contributed by atoms with Gasteiger partial charge >= 0.3 is 0 Å². The molecule has 0 unspecified atom stereocenters. The van der Waals surface area contributed by atoms with E-state index in [-0.39, 0.29) is 5.41 Å². The van der Waals surface area contributed by atoms with E-state index in [0.29, 0.717) is 12.4 Å². The number of hydrogen-bond acceptors (Lipinski definition) is 2. The lowest BCUT2D eigenvalue weighted by Crippen LogP contribution is -2.28. The van der Waals surface area contributed by atoms with Gasteiger partial charge < -0.3 is 10.5 Å². The largest absolute Gasteiger partial charge is 0.494 e. The monoisotopic (exact) mass is 220 g/mol. The summed E-state index contributed by atoms with van der Waals surface area (Å²) < 4.78 is 5.40. The third-order valence-electron chi connectivity index (χ3n) is 2.15. The fourth-order valence-corrected chi connectivity index (χ4v) is 1.12. The summed E-state index contributed by atoms with van der Waals surface area (Å²) in [7, 11) is 0. The molecule has 0 radical (unpaired) electrons. The van der Waals surface area contributed by atoms with Crippen LogP contribution in [0.4, 0.5) is 5.69 Å². The van der Waals surface area contributed by atoms with Crippen LogP contribution in [0.15, 0.2) is 29.3 Å². The molecule has 0 atom stereocenters. The van der Waals surface area contributed by atoms with Crippen molar-refractivity contribution in [1.29, 1.82) is 0 Å². The van der Waals surface area contributed by atoms with Gasteiger partial charge in [-0.25, -0.2) is 4.99 Å². The zero-order chi connectivity index (χ0) is 12.2. The van der Waals surface area contributed by atoms with E-state index in [1.54, 1.807) is 0 Å². The van der Waals surface area contributed by atoms with Crippen molar-refractivity contribution in [3.63, 3.8) is 0 Å². The summed E-state index contributed by atoms with van der Waals surface area (Å²) in [5, 5.41) is 0. The number of aliphatic imine (C=N–C) groups is 1. The van der Waals surface area contributed by atoms with Crippen molar-refractivity contribution in [1.82, 2.24) is 0 Å². The van der Waals surface area contributed by atoms with Crippen molar-refractivity contribution in [3.05, 3.63) is 24.3 Å². The van der Waals surface area contributed by atoms with Crippen molar-refractivity contribution in [3.8, 4) is 5.75 Å². The SMILES string of the molecule is CCOc1cccc(N=C(N)C(C)(C)C)c1. The molecule has 0 fully saturated rings. The Balaban J connectivity index is 2.93. The van der Waals surface area contributed by atoms with Crippen molar-refractivity contribution < 1.29 is 4.74 Å². The molecule has 1 rings (SSSR count). The second-order valence-corrected chi connectivity index (χ2v) is 4.68. The fraction of sp³-hybridized carbons (Fsp3) is 0.462. The Bertz CT molecular complexity index is 378. The van der Waals surface area contributed by atoms with E-state index in [1.165, 1.54) is 0 Å². The molecule has 0 aliphatic heterocycles. The maximum absolute atomic E-state index is 5.92. The van der Waals surface area contributed by atoms with Gasteiger partial charge in [0, 0.05) is 11.5 Å². The molecule has 2 N–H and O–H groups in total. The molecule has 0 spiro atoms. The molecule has 0 aromatic heterocycles. The summed E-state index contributed by atoms with van der Waals surface area (Å²) in [4.78, 5) is 4.39. The number of rotatable bonds is 3. The normalized spacial score (nSPS) is 12.6. The summed E-state index contributed by atoms with van der Waals surface area (Å²) in [6.07, 6.45) is 0. The minimum Gasteiger partial charge on any atom is -0.494 e. The van der Waals surface area contributed by atoms with Crippen LogP contribution in [-0.4, -0.2) is 12.4 Å². The van der Waals surface area contributed by atoms with Crippen LogP contribution in [0, 0.1) is 5.41 Å². The minimum absolute atomic E-state index is 0.110. The number of hydrogen-bond donors (Lipinski definition) is 1. The minimum atomic E-state index is -0.110. The van der Waals surface area contributed by atoms with Gasteiger partial charge in [-0.05, 0) is 19.1 Å². The highest BCUT2D eigenvalue weighted by atomic mass is 16.5. The third kappa shape index (κ3) is 3.57. The Morgan fingerprint density at radius 1 is 1.38 bits per heavy atom. The van der Waals surface area contributed by atoms with E-state index in [1.807, 2.05) is 52.0 Å². The van der Waals surface area contributed by atoms with Crippen LogP contribution >= 0.6 is 0 Å². The van der Waals surface area contributed by atoms with Crippen LogP contribution in [0.25, 0.3) is 0 Å². The molecule has 0 saturated carbocycles. The summed E-state index contributed by atoms with van der Waals surface area (Å²) in [5.74, 6) is 1.45. The van der Waals surface area contributed by atoms with Gasteiger partial charge in [0.05, 0.1) is 12.3 Å². The third-order valence-corrected chi connectivity index (χ3v) is 2.15. The van der Waals surface area contributed by atoms with Crippen LogP contribution in [0.1, 0.15) is 27.7 Å². The molecule has 3 nitrogen and oxygen atoms in total. The van der Waals surface area contributed by atoms with Crippen LogP contribution in [0.5, 0.6) is 5.75 Å². The van der Waals surface area contributed by atoms with Gasteiger partial charge in [-0.2, -0.15) is 0 Å². The van der Waals surface area contributed by atoms with Gasteiger partial charge in [-0.1, -0.05) is 26.8 Å². The van der Waals surface area contributed by atoms with E-state index in [4.69, 9.17) is 10.5 Å². The highest BCUT2D eigenvalue weighted by Crippen LogP contribution is 2.22. The van der Waals surface area contributed by atoms with Crippen LogP contribution in [0.3, 0.4) is 0 Å².